The first-order chi connectivity index (χ1) is 9.58. The zero-order chi connectivity index (χ0) is 15.0. The minimum Gasteiger partial charge on any atom is -0.469 e. The Labute approximate surface area is 122 Å². The van der Waals surface area contributed by atoms with Gasteiger partial charge in [0.25, 0.3) is 0 Å². The van der Waals surface area contributed by atoms with E-state index in [0.29, 0.717) is 17.7 Å². The van der Waals surface area contributed by atoms with Gasteiger partial charge >= 0.3 is 11.9 Å². The number of hydrogen-bond acceptors (Lipinski definition) is 6. The molecule has 0 saturated carbocycles. The third-order valence-corrected chi connectivity index (χ3v) is 3.80. The quantitative estimate of drug-likeness (QED) is 0.611. The molecule has 5 nitrogen and oxygen atoms in total. The fourth-order valence-corrected chi connectivity index (χ4v) is 2.71. The monoisotopic (exact) mass is 297 g/mol. The molecule has 0 aliphatic heterocycles. The number of carbonyl (C=O) groups is 2. The fraction of sp³-hybridized carbons (Fsp3) is 0.429. The lowest BCUT2D eigenvalue weighted by molar-refractivity contribution is -0.141. The average molecular weight is 297 g/mol. The Balaban J connectivity index is 2.50. The van der Waals surface area contributed by atoms with Gasteiger partial charge in [0.2, 0.25) is 0 Å². The van der Waals surface area contributed by atoms with E-state index in [4.69, 9.17) is 10.5 Å². The molecule has 1 aromatic carbocycles. The van der Waals surface area contributed by atoms with Crippen molar-refractivity contribution in [2.75, 3.05) is 20.0 Å². The van der Waals surface area contributed by atoms with Crippen LogP contribution in [0.1, 0.15) is 23.2 Å². The Morgan fingerprint density at radius 2 is 1.95 bits per heavy atom. The lowest BCUT2D eigenvalue weighted by atomic mass is 10.2. The van der Waals surface area contributed by atoms with E-state index in [1.54, 1.807) is 12.1 Å². The molecule has 1 atom stereocenters. The molecule has 1 unspecified atom stereocenters. The molecule has 0 aliphatic carbocycles. The molecule has 20 heavy (non-hydrogen) atoms. The molecule has 0 heterocycles. The molecule has 0 spiro atoms. The van der Waals surface area contributed by atoms with Crippen molar-refractivity contribution in [3.8, 4) is 0 Å². The van der Waals surface area contributed by atoms with E-state index in [1.807, 2.05) is 12.1 Å². The Morgan fingerprint density at radius 1 is 1.25 bits per heavy atom. The highest BCUT2D eigenvalue weighted by Crippen LogP contribution is 2.24. The molecule has 6 heteroatoms. The zero-order valence-corrected chi connectivity index (χ0v) is 12.4. The molecule has 0 amide bonds. The number of esters is 2. The second-order valence-electron chi connectivity index (χ2n) is 4.17. The van der Waals surface area contributed by atoms with Crippen LogP contribution < -0.4 is 5.73 Å². The minimum absolute atomic E-state index is 0.204. The van der Waals surface area contributed by atoms with Crippen molar-refractivity contribution in [3.05, 3.63) is 29.8 Å². The first kappa shape index (κ1) is 16.5. The minimum atomic E-state index is -0.355. The maximum Gasteiger partial charge on any atom is 0.338 e. The average Bonchev–Trinajstić information content (AvgIpc) is 2.46. The normalized spacial score (nSPS) is 11.8. The van der Waals surface area contributed by atoms with Gasteiger partial charge in [0, 0.05) is 10.9 Å². The maximum absolute atomic E-state index is 11.6. The van der Waals surface area contributed by atoms with E-state index in [1.165, 1.54) is 26.0 Å². The molecule has 0 fully saturated rings. The molecule has 0 bridgehead atoms. The summed E-state index contributed by atoms with van der Waals surface area (Å²) in [7, 11) is 2.70. The Hall–Kier alpha value is -1.53. The predicted molar refractivity (Wildman–Crippen MR) is 77.7 cm³/mol. The number of hydrogen-bond donors (Lipinski definition) is 1. The van der Waals surface area contributed by atoms with E-state index in [9.17, 15) is 9.59 Å². The summed E-state index contributed by atoms with van der Waals surface area (Å²) in [6, 6.07) is 7.01. The SMILES string of the molecule is COC(=O)CC(N)CCSc1ccccc1C(=O)OC. The molecule has 0 saturated heterocycles. The van der Waals surface area contributed by atoms with Crippen molar-refractivity contribution in [2.45, 2.75) is 23.8 Å². The summed E-state index contributed by atoms with van der Waals surface area (Å²) in [6.07, 6.45) is 0.866. The number of benzene rings is 1. The smallest absolute Gasteiger partial charge is 0.338 e. The number of methoxy groups -OCH3 is 2. The number of thioether (sulfide) groups is 1. The summed E-state index contributed by atoms with van der Waals surface area (Å²) < 4.78 is 9.30. The van der Waals surface area contributed by atoms with Crippen LogP contribution in [-0.4, -0.2) is 38.0 Å². The summed E-state index contributed by atoms with van der Waals surface area (Å²) in [6.45, 7) is 0. The molecular weight excluding hydrogens is 278 g/mol. The van der Waals surface area contributed by atoms with Crippen molar-refractivity contribution in [2.24, 2.45) is 5.73 Å². The van der Waals surface area contributed by atoms with Crippen LogP contribution in [0.15, 0.2) is 29.2 Å². The van der Waals surface area contributed by atoms with Gasteiger partial charge in [0.15, 0.2) is 0 Å². The van der Waals surface area contributed by atoms with Crippen molar-refractivity contribution in [1.29, 1.82) is 0 Å². The summed E-state index contributed by atoms with van der Waals surface area (Å²) in [5, 5.41) is 0. The van der Waals surface area contributed by atoms with E-state index in [-0.39, 0.29) is 24.4 Å². The molecule has 110 valence electrons. The Bertz CT molecular complexity index is 464. The maximum atomic E-state index is 11.6. The summed E-state index contributed by atoms with van der Waals surface area (Å²) in [5.74, 6) is 0.0519. The van der Waals surface area contributed by atoms with Gasteiger partial charge in [-0.15, -0.1) is 11.8 Å². The van der Waals surface area contributed by atoms with Crippen molar-refractivity contribution in [1.82, 2.24) is 0 Å². The van der Waals surface area contributed by atoms with E-state index in [2.05, 4.69) is 4.74 Å². The van der Waals surface area contributed by atoms with Crippen LogP contribution in [-0.2, 0) is 14.3 Å². The second kappa shape index (κ2) is 8.60. The Morgan fingerprint density at radius 3 is 2.60 bits per heavy atom. The largest absolute Gasteiger partial charge is 0.469 e. The van der Waals surface area contributed by atoms with Crippen molar-refractivity contribution < 1.29 is 19.1 Å². The van der Waals surface area contributed by atoms with Crippen LogP contribution in [0.5, 0.6) is 0 Å². The second-order valence-corrected chi connectivity index (χ2v) is 5.30. The van der Waals surface area contributed by atoms with Crippen LogP contribution in [0.3, 0.4) is 0 Å². The highest BCUT2D eigenvalue weighted by atomic mass is 32.2. The van der Waals surface area contributed by atoms with Gasteiger partial charge in [-0.25, -0.2) is 4.79 Å². The van der Waals surface area contributed by atoms with Gasteiger partial charge in [0.05, 0.1) is 26.2 Å². The van der Waals surface area contributed by atoms with E-state index in [0.717, 1.165) is 4.90 Å². The number of ether oxygens (including phenoxy) is 2. The Kier molecular flexibility index (Phi) is 7.11. The van der Waals surface area contributed by atoms with Crippen molar-refractivity contribution >= 4 is 23.7 Å². The van der Waals surface area contributed by atoms with E-state index >= 15 is 0 Å². The van der Waals surface area contributed by atoms with Crippen LogP contribution in [0, 0.1) is 0 Å². The highest BCUT2D eigenvalue weighted by molar-refractivity contribution is 7.99. The first-order valence-corrected chi connectivity index (χ1v) is 7.19. The number of nitrogens with two attached hydrogens (primary N) is 1. The van der Waals surface area contributed by atoms with Crippen LogP contribution in [0.4, 0.5) is 0 Å². The number of carbonyl (C=O) groups excluding carboxylic acids is 2. The first-order valence-electron chi connectivity index (χ1n) is 6.21. The molecule has 1 aromatic rings. The van der Waals surface area contributed by atoms with Gasteiger partial charge < -0.3 is 15.2 Å². The lowest BCUT2D eigenvalue weighted by Gasteiger charge is -2.11. The van der Waals surface area contributed by atoms with Gasteiger partial charge in [-0.05, 0) is 24.3 Å². The van der Waals surface area contributed by atoms with Gasteiger partial charge in [0.1, 0.15) is 0 Å². The molecule has 0 aliphatic rings. The topological polar surface area (TPSA) is 78.6 Å². The molecule has 1 rings (SSSR count). The molecule has 2 N–H and O–H groups in total. The van der Waals surface area contributed by atoms with Gasteiger partial charge in [-0.1, -0.05) is 12.1 Å². The van der Waals surface area contributed by atoms with Crippen LogP contribution >= 0.6 is 11.8 Å². The van der Waals surface area contributed by atoms with Gasteiger partial charge in [-0.3, -0.25) is 4.79 Å². The molecule has 0 aromatic heterocycles. The third-order valence-electron chi connectivity index (χ3n) is 2.70. The third kappa shape index (κ3) is 5.22. The summed E-state index contributed by atoms with van der Waals surface area (Å²) in [4.78, 5) is 23.5. The highest BCUT2D eigenvalue weighted by Gasteiger charge is 2.13. The standard InChI is InChI=1S/C14H19NO4S/c1-18-13(16)9-10(15)7-8-20-12-6-4-3-5-11(12)14(17)19-2/h3-6,10H,7-9,15H2,1-2H3. The van der Waals surface area contributed by atoms with Crippen LogP contribution in [0.25, 0.3) is 0 Å². The van der Waals surface area contributed by atoms with Crippen molar-refractivity contribution in [3.63, 3.8) is 0 Å². The van der Waals surface area contributed by atoms with Crippen LogP contribution in [0.2, 0.25) is 0 Å². The summed E-state index contributed by atoms with van der Waals surface area (Å²) in [5.41, 5.74) is 6.38. The predicted octanol–water partition coefficient (Wildman–Crippen LogP) is 1.85. The summed E-state index contributed by atoms with van der Waals surface area (Å²) >= 11 is 1.52. The molecule has 0 radical (unpaired) electrons. The number of rotatable bonds is 7. The lowest BCUT2D eigenvalue weighted by Crippen LogP contribution is -2.25. The van der Waals surface area contributed by atoms with E-state index < -0.39 is 0 Å². The molecular formula is C14H19NO4S. The van der Waals surface area contributed by atoms with Gasteiger partial charge in [-0.2, -0.15) is 0 Å². The zero-order valence-electron chi connectivity index (χ0n) is 11.6. The fourth-order valence-electron chi connectivity index (χ4n) is 1.59.